The number of para-hydroxylation sites is 3. The molecule has 11 aromatic carbocycles. The van der Waals surface area contributed by atoms with Gasteiger partial charge in [-0.3, -0.25) is 0 Å². The van der Waals surface area contributed by atoms with E-state index in [-0.39, 0.29) is 0 Å². The van der Waals surface area contributed by atoms with Crippen LogP contribution in [0.15, 0.2) is 223 Å². The lowest BCUT2D eigenvalue weighted by atomic mass is 9.92. The number of furan rings is 1. The van der Waals surface area contributed by atoms with Crippen LogP contribution >= 0.6 is 22.7 Å². The molecule has 0 radical (unpaired) electrons. The number of nitrogens with zero attached hydrogens (tertiary/aromatic N) is 2. The first-order valence-corrected chi connectivity index (χ1v) is 23.6. The summed E-state index contributed by atoms with van der Waals surface area (Å²) in [7, 11) is 0. The zero-order valence-corrected chi connectivity index (χ0v) is 36.5. The van der Waals surface area contributed by atoms with Crippen molar-refractivity contribution < 1.29 is 4.42 Å². The molecule has 0 bridgehead atoms. The van der Waals surface area contributed by atoms with Crippen molar-refractivity contribution in [2.24, 2.45) is 0 Å². The van der Waals surface area contributed by atoms with E-state index in [4.69, 9.17) is 4.42 Å². The van der Waals surface area contributed by atoms with E-state index in [1.165, 1.54) is 78.3 Å². The first-order chi connectivity index (χ1) is 32.2. The summed E-state index contributed by atoms with van der Waals surface area (Å²) < 4.78 is 12.3. The van der Waals surface area contributed by atoms with Crippen molar-refractivity contribution in [2.45, 2.75) is 0 Å². The molecule has 304 valence electrons. The van der Waals surface area contributed by atoms with E-state index in [0.717, 1.165) is 50.4 Å². The number of hydrogen-bond acceptors (Lipinski definition) is 5. The Morgan fingerprint density at radius 2 is 0.738 bits per heavy atom. The zero-order chi connectivity index (χ0) is 42.6. The zero-order valence-electron chi connectivity index (χ0n) is 34.9. The van der Waals surface area contributed by atoms with Crippen LogP contribution in [0, 0.1) is 0 Å². The Morgan fingerprint density at radius 3 is 1.37 bits per heavy atom. The molecule has 0 atom stereocenters. The lowest BCUT2D eigenvalue weighted by Gasteiger charge is -2.26. The third-order valence-electron chi connectivity index (χ3n) is 13.2. The molecule has 65 heavy (non-hydrogen) atoms. The molecule has 0 fully saturated rings. The van der Waals surface area contributed by atoms with Crippen molar-refractivity contribution in [3.63, 3.8) is 0 Å². The first kappa shape index (κ1) is 36.5. The maximum Gasteiger partial charge on any atom is 0.159 e. The van der Waals surface area contributed by atoms with E-state index in [0.29, 0.717) is 0 Å². The van der Waals surface area contributed by atoms with Crippen LogP contribution in [0.5, 0.6) is 0 Å². The average molecular weight is 865 g/mol. The molecule has 0 amide bonds. The Kier molecular flexibility index (Phi) is 8.02. The van der Waals surface area contributed by atoms with Gasteiger partial charge in [-0.2, -0.15) is 0 Å². The van der Waals surface area contributed by atoms with Gasteiger partial charge in [0.1, 0.15) is 5.58 Å². The molecule has 0 unspecified atom stereocenters. The smallest absolute Gasteiger partial charge is 0.159 e. The van der Waals surface area contributed by atoms with Crippen LogP contribution in [0.25, 0.3) is 94.6 Å². The summed E-state index contributed by atoms with van der Waals surface area (Å²) in [5, 5.41) is 14.6. The van der Waals surface area contributed by atoms with E-state index in [1.807, 2.05) is 22.7 Å². The second-order valence-electron chi connectivity index (χ2n) is 16.8. The van der Waals surface area contributed by atoms with E-state index < -0.39 is 0 Å². The topological polar surface area (TPSA) is 19.6 Å². The minimum absolute atomic E-state index is 0.865. The van der Waals surface area contributed by atoms with Crippen LogP contribution in [0.3, 0.4) is 0 Å². The van der Waals surface area contributed by atoms with Gasteiger partial charge in [-0.15, -0.1) is 22.7 Å². The van der Waals surface area contributed by atoms with E-state index >= 15 is 0 Å². The van der Waals surface area contributed by atoms with Crippen LogP contribution in [0.1, 0.15) is 0 Å². The van der Waals surface area contributed by atoms with E-state index in [9.17, 15) is 0 Å². The van der Waals surface area contributed by atoms with Crippen molar-refractivity contribution >= 4 is 151 Å². The maximum atomic E-state index is 7.15. The quantitative estimate of drug-likeness (QED) is 0.155. The second-order valence-corrected chi connectivity index (χ2v) is 18.9. The molecule has 5 heteroatoms. The molecule has 0 aliphatic heterocycles. The molecule has 0 saturated heterocycles. The maximum absolute atomic E-state index is 7.15. The van der Waals surface area contributed by atoms with Crippen LogP contribution in [0.4, 0.5) is 34.1 Å². The molecule has 0 aliphatic rings. The largest absolute Gasteiger partial charge is 0.454 e. The third-order valence-corrected chi connectivity index (χ3v) is 15.6. The van der Waals surface area contributed by atoms with Gasteiger partial charge in [0.2, 0.25) is 0 Å². The Hall–Kier alpha value is -7.96. The molecular formula is C60H36N2OS2. The average Bonchev–Trinajstić information content (AvgIpc) is 4.07. The molecule has 3 nitrogen and oxygen atoms in total. The number of anilines is 6. The molecular weight excluding hydrogens is 829 g/mol. The molecule has 14 aromatic rings. The number of thiophene rings is 2. The summed E-state index contributed by atoms with van der Waals surface area (Å²) in [6.07, 6.45) is 0. The van der Waals surface area contributed by atoms with Gasteiger partial charge in [-0.1, -0.05) is 140 Å². The summed E-state index contributed by atoms with van der Waals surface area (Å²) in [6.45, 7) is 0. The Labute approximate surface area is 381 Å². The summed E-state index contributed by atoms with van der Waals surface area (Å²) in [5.41, 5.74) is 8.36. The van der Waals surface area contributed by atoms with Gasteiger partial charge in [-0.05, 0) is 111 Å². The lowest BCUT2D eigenvalue weighted by Crippen LogP contribution is -2.10. The number of rotatable bonds is 6. The van der Waals surface area contributed by atoms with Gasteiger partial charge in [0.25, 0.3) is 0 Å². The van der Waals surface area contributed by atoms with Crippen LogP contribution < -0.4 is 9.80 Å². The summed E-state index contributed by atoms with van der Waals surface area (Å²) in [4.78, 5) is 4.81. The minimum atomic E-state index is 0.865. The normalized spacial score (nSPS) is 12.0. The molecule has 0 aliphatic carbocycles. The van der Waals surface area contributed by atoms with Gasteiger partial charge in [0.05, 0.1) is 26.5 Å². The van der Waals surface area contributed by atoms with Gasteiger partial charge in [0.15, 0.2) is 5.58 Å². The summed E-state index contributed by atoms with van der Waals surface area (Å²) in [5.74, 6) is 0. The molecule has 0 saturated carbocycles. The Morgan fingerprint density at radius 1 is 0.277 bits per heavy atom. The molecule has 3 aromatic heterocycles. The molecule has 3 heterocycles. The van der Waals surface area contributed by atoms with E-state index in [1.54, 1.807) is 0 Å². The molecule has 0 spiro atoms. The Balaban J connectivity index is 0.995. The minimum Gasteiger partial charge on any atom is -0.454 e. The summed E-state index contributed by atoms with van der Waals surface area (Å²) >= 11 is 3.71. The highest BCUT2D eigenvalue weighted by Gasteiger charge is 2.24. The van der Waals surface area contributed by atoms with Crippen molar-refractivity contribution in [1.82, 2.24) is 0 Å². The highest BCUT2D eigenvalue weighted by molar-refractivity contribution is 7.26. The van der Waals surface area contributed by atoms with Crippen LogP contribution in [-0.4, -0.2) is 0 Å². The number of fused-ring (bicyclic) bond motifs is 15. The van der Waals surface area contributed by atoms with Crippen LogP contribution in [-0.2, 0) is 0 Å². The third kappa shape index (κ3) is 5.53. The SMILES string of the molecule is c1ccc(N(c2ccc3c(c2)c2ccccc2c2cc4c(cc32)oc2c(N(c3ccccc3)c3cccc5c3sc3ccccc35)cccc24)c2cccc3c2sc2ccccc23)cc1. The molecule has 14 rings (SSSR count). The van der Waals surface area contributed by atoms with Crippen molar-refractivity contribution in [2.75, 3.05) is 9.80 Å². The number of benzene rings is 11. The van der Waals surface area contributed by atoms with Crippen molar-refractivity contribution in [1.29, 1.82) is 0 Å². The second kappa shape index (κ2) is 14.3. The van der Waals surface area contributed by atoms with Gasteiger partial charge >= 0.3 is 0 Å². The Bertz CT molecular complexity index is 4200. The van der Waals surface area contributed by atoms with E-state index in [2.05, 4.69) is 228 Å². The number of hydrogen-bond donors (Lipinski definition) is 0. The predicted molar refractivity (Wildman–Crippen MR) is 281 cm³/mol. The van der Waals surface area contributed by atoms with Crippen molar-refractivity contribution in [3.05, 3.63) is 218 Å². The van der Waals surface area contributed by atoms with Gasteiger partial charge in [-0.25, -0.2) is 0 Å². The van der Waals surface area contributed by atoms with Gasteiger partial charge in [0, 0.05) is 58.8 Å². The van der Waals surface area contributed by atoms with Gasteiger partial charge < -0.3 is 14.2 Å². The highest BCUT2D eigenvalue weighted by Crippen LogP contribution is 2.50. The fourth-order valence-electron chi connectivity index (χ4n) is 10.3. The van der Waals surface area contributed by atoms with Crippen LogP contribution in [0.2, 0.25) is 0 Å². The monoisotopic (exact) mass is 864 g/mol. The lowest BCUT2D eigenvalue weighted by molar-refractivity contribution is 0.669. The molecule has 0 N–H and O–H groups in total. The standard InChI is InChI=1S/C60H36N2OS2/c1-3-16-37(17-4-1)61(53-28-14-25-46-43-22-9-11-30-56(43)64-59(46)53)39-32-33-42-48(34-39)40-20-7-8-21-41(40)49-35-51-45-24-13-27-52(58(45)63-55(51)36-50(42)49)62(38-18-5-2-6-19-38)54-29-15-26-47-44-23-10-12-31-57(44)65-60(47)54/h1-36H. The fraction of sp³-hybridized carbons (Fsp3) is 0. The summed E-state index contributed by atoms with van der Waals surface area (Å²) in [6, 6.07) is 79.5. The first-order valence-electron chi connectivity index (χ1n) is 22.0. The predicted octanol–water partition coefficient (Wildman–Crippen LogP) is 18.7. The fourth-order valence-corrected chi connectivity index (χ4v) is 12.8. The highest BCUT2D eigenvalue weighted by atomic mass is 32.1. The van der Waals surface area contributed by atoms with Crippen molar-refractivity contribution in [3.8, 4) is 0 Å².